The molecule has 21 heavy (non-hydrogen) atoms. The van der Waals surface area contributed by atoms with E-state index < -0.39 is 5.41 Å². The van der Waals surface area contributed by atoms with Crippen molar-refractivity contribution in [1.29, 1.82) is 0 Å². The lowest BCUT2D eigenvalue weighted by atomic mass is 9.95. The van der Waals surface area contributed by atoms with Gasteiger partial charge in [-0.2, -0.15) is 0 Å². The van der Waals surface area contributed by atoms with E-state index in [0.29, 0.717) is 6.61 Å². The Balaban J connectivity index is 1.59. The third kappa shape index (κ3) is 2.95. The van der Waals surface area contributed by atoms with Gasteiger partial charge in [0.1, 0.15) is 5.82 Å². The number of amides is 1. The number of hydrogen-bond acceptors (Lipinski definition) is 2. The quantitative estimate of drug-likeness (QED) is 0.857. The van der Waals surface area contributed by atoms with E-state index in [0.717, 1.165) is 24.0 Å². The zero-order valence-corrected chi connectivity index (χ0v) is 11.5. The summed E-state index contributed by atoms with van der Waals surface area (Å²) in [7, 11) is 0. The number of carbonyl (C=O) groups excluding carboxylic acids is 1. The second kappa shape index (κ2) is 5.66. The molecule has 0 heterocycles. The van der Waals surface area contributed by atoms with Crippen LogP contribution in [0.15, 0.2) is 54.6 Å². The van der Waals surface area contributed by atoms with E-state index in [1.54, 1.807) is 12.1 Å². The Labute approximate surface area is 122 Å². The Morgan fingerprint density at radius 1 is 1.10 bits per heavy atom. The minimum Gasteiger partial charge on any atom is -0.272 e. The highest BCUT2D eigenvalue weighted by molar-refractivity contribution is 5.90. The molecule has 0 bridgehead atoms. The van der Waals surface area contributed by atoms with Crippen LogP contribution in [0.1, 0.15) is 24.0 Å². The summed E-state index contributed by atoms with van der Waals surface area (Å²) >= 11 is 0. The standard InChI is InChI=1S/C17H16FNO2/c18-15-8-6-14(7-9-15)17(10-11-17)16(20)19-21-12-13-4-2-1-3-5-13/h1-9H,10-12H2,(H,19,20). The highest BCUT2D eigenvalue weighted by Crippen LogP contribution is 2.48. The number of nitrogens with one attached hydrogen (secondary N) is 1. The van der Waals surface area contributed by atoms with Gasteiger partial charge in [-0.15, -0.1) is 0 Å². The Morgan fingerprint density at radius 3 is 2.38 bits per heavy atom. The van der Waals surface area contributed by atoms with Gasteiger partial charge >= 0.3 is 0 Å². The summed E-state index contributed by atoms with van der Waals surface area (Å²) in [5, 5.41) is 0. The van der Waals surface area contributed by atoms with Crippen LogP contribution < -0.4 is 5.48 Å². The number of hydroxylamine groups is 1. The first-order valence-electron chi connectivity index (χ1n) is 6.93. The molecule has 0 radical (unpaired) electrons. The van der Waals surface area contributed by atoms with Gasteiger partial charge in [-0.25, -0.2) is 9.87 Å². The molecule has 1 fully saturated rings. The predicted molar refractivity (Wildman–Crippen MR) is 76.7 cm³/mol. The number of benzene rings is 2. The van der Waals surface area contributed by atoms with E-state index in [-0.39, 0.29) is 11.7 Å². The first-order valence-corrected chi connectivity index (χ1v) is 6.93. The summed E-state index contributed by atoms with van der Waals surface area (Å²) in [5.41, 5.74) is 3.79. The van der Waals surface area contributed by atoms with Crippen molar-refractivity contribution in [2.24, 2.45) is 0 Å². The lowest BCUT2D eigenvalue weighted by Gasteiger charge is -2.15. The van der Waals surface area contributed by atoms with E-state index in [9.17, 15) is 9.18 Å². The summed E-state index contributed by atoms with van der Waals surface area (Å²) in [4.78, 5) is 17.6. The second-order valence-corrected chi connectivity index (χ2v) is 5.29. The zero-order valence-electron chi connectivity index (χ0n) is 11.5. The number of halogens is 1. The summed E-state index contributed by atoms with van der Waals surface area (Å²) in [6.07, 6.45) is 1.53. The molecule has 1 aliphatic carbocycles. The SMILES string of the molecule is O=C(NOCc1ccccc1)C1(c2ccc(F)cc2)CC1. The van der Waals surface area contributed by atoms with Crippen molar-refractivity contribution >= 4 is 5.91 Å². The molecule has 0 atom stereocenters. The Kier molecular flexibility index (Phi) is 3.71. The average Bonchev–Trinajstić information content (AvgIpc) is 3.31. The van der Waals surface area contributed by atoms with Gasteiger partial charge in [0, 0.05) is 0 Å². The molecule has 1 amide bonds. The molecule has 108 valence electrons. The largest absolute Gasteiger partial charge is 0.272 e. The average molecular weight is 285 g/mol. The third-order valence-electron chi connectivity index (χ3n) is 3.83. The highest BCUT2D eigenvalue weighted by atomic mass is 19.1. The van der Waals surface area contributed by atoms with Crippen LogP contribution in [0.5, 0.6) is 0 Å². The van der Waals surface area contributed by atoms with Crippen LogP contribution in [0.3, 0.4) is 0 Å². The van der Waals surface area contributed by atoms with Crippen LogP contribution in [0, 0.1) is 5.82 Å². The fourth-order valence-electron chi connectivity index (χ4n) is 2.40. The fourth-order valence-corrected chi connectivity index (χ4v) is 2.40. The molecular weight excluding hydrogens is 269 g/mol. The molecule has 1 saturated carbocycles. The van der Waals surface area contributed by atoms with Crippen molar-refractivity contribution in [2.45, 2.75) is 24.9 Å². The van der Waals surface area contributed by atoms with Crippen molar-refractivity contribution in [3.8, 4) is 0 Å². The normalized spacial score (nSPS) is 15.5. The van der Waals surface area contributed by atoms with E-state index in [4.69, 9.17) is 4.84 Å². The Bertz CT molecular complexity index is 621. The van der Waals surface area contributed by atoms with Gasteiger partial charge in [-0.05, 0) is 36.1 Å². The number of rotatable bonds is 5. The molecule has 4 heteroatoms. The minimum atomic E-state index is -0.551. The van der Waals surface area contributed by atoms with E-state index in [2.05, 4.69) is 5.48 Å². The maximum Gasteiger partial charge on any atom is 0.254 e. The van der Waals surface area contributed by atoms with Gasteiger partial charge in [0.05, 0.1) is 12.0 Å². The first kappa shape index (κ1) is 13.8. The smallest absolute Gasteiger partial charge is 0.254 e. The van der Waals surface area contributed by atoms with Gasteiger partial charge in [-0.3, -0.25) is 9.63 Å². The molecule has 0 spiro atoms. The maximum atomic E-state index is 13.0. The topological polar surface area (TPSA) is 38.3 Å². The summed E-state index contributed by atoms with van der Waals surface area (Å²) in [6, 6.07) is 15.7. The van der Waals surface area contributed by atoms with Crippen LogP contribution >= 0.6 is 0 Å². The minimum absolute atomic E-state index is 0.162. The molecule has 1 N–H and O–H groups in total. The Morgan fingerprint density at radius 2 is 1.76 bits per heavy atom. The predicted octanol–water partition coefficient (Wildman–Crippen LogP) is 3.11. The van der Waals surface area contributed by atoms with E-state index >= 15 is 0 Å². The molecule has 2 aromatic carbocycles. The summed E-state index contributed by atoms with van der Waals surface area (Å²) in [5.74, 6) is -0.458. The van der Waals surface area contributed by atoms with Gasteiger partial charge < -0.3 is 0 Å². The van der Waals surface area contributed by atoms with Gasteiger partial charge in [-0.1, -0.05) is 42.5 Å². The molecular formula is C17H16FNO2. The summed E-state index contributed by atoms with van der Waals surface area (Å²) in [6.45, 7) is 0.325. The second-order valence-electron chi connectivity index (χ2n) is 5.29. The van der Waals surface area contributed by atoms with Crippen molar-refractivity contribution < 1.29 is 14.0 Å². The lowest BCUT2D eigenvalue weighted by molar-refractivity contribution is -0.137. The molecule has 0 unspecified atom stereocenters. The van der Waals surface area contributed by atoms with Crippen molar-refractivity contribution in [3.63, 3.8) is 0 Å². The maximum absolute atomic E-state index is 13.0. The number of hydrogen-bond donors (Lipinski definition) is 1. The molecule has 0 saturated heterocycles. The van der Waals surface area contributed by atoms with Gasteiger partial charge in [0.15, 0.2) is 0 Å². The fraction of sp³-hybridized carbons (Fsp3) is 0.235. The lowest BCUT2D eigenvalue weighted by Crippen LogP contribution is -2.34. The van der Waals surface area contributed by atoms with Crippen LogP contribution in [-0.4, -0.2) is 5.91 Å². The molecule has 0 aromatic heterocycles. The van der Waals surface area contributed by atoms with Crippen molar-refractivity contribution in [1.82, 2.24) is 5.48 Å². The van der Waals surface area contributed by atoms with Gasteiger partial charge in [0.25, 0.3) is 5.91 Å². The highest BCUT2D eigenvalue weighted by Gasteiger charge is 2.51. The number of carbonyl (C=O) groups is 1. The van der Waals surface area contributed by atoms with Gasteiger partial charge in [0.2, 0.25) is 0 Å². The molecule has 3 nitrogen and oxygen atoms in total. The molecule has 0 aliphatic heterocycles. The third-order valence-corrected chi connectivity index (χ3v) is 3.83. The van der Waals surface area contributed by atoms with Crippen LogP contribution in [0.25, 0.3) is 0 Å². The molecule has 1 aliphatic rings. The van der Waals surface area contributed by atoms with Crippen molar-refractivity contribution in [3.05, 3.63) is 71.5 Å². The monoisotopic (exact) mass is 285 g/mol. The molecule has 2 aromatic rings. The summed E-state index contributed by atoms with van der Waals surface area (Å²) < 4.78 is 13.0. The Hall–Kier alpha value is -2.20. The van der Waals surface area contributed by atoms with Crippen molar-refractivity contribution in [2.75, 3.05) is 0 Å². The van der Waals surface area contributed by atoms with Crippen LogP contribution in [0.2, 0.25) is 0 Å². The molecule has 3 rings (SSSR count). The van der Waals surface area contributed by atoms with E-state index in [1.165, 1.54) is 12.1 Å². The zero-order chi connectivity index (χ0) is 14.7. The van der Waals surface area contributed by atoms with E-state index in [1.807, 2.05) is 30.3 Å². The van der Waals surface area contributed by atoms with Crippen LogP contribution in [0.4, 0.5) is 4.39 Å². The van der Waals surface area contributed by atoms with Crippen LogP contribution in [-0.2, 0) is 21.7 Å². The first-order chi connectivity index (χ1) is 10.2.